The lowest BCUT2D eigenvalue weighted by Crippen LogP contribution is -2.40. The molecule has 0 saturated heterocycles. The van der Waals surface area contributed by atoms with Crippen molar-refractivity contribution in [2.45, 2.75) is 56.4 Å². The molecule has 0 saturated carbocycles. The largest absolute Gasteiger partial charge is 0.302 e. The summed E-state index contributed by atoms with van der Waals surface area (Å²) in [4.78, 5) is 1.32. The van der Waals surface area contributed by atoms with Gasteiger partial charge in [0.2, 0.25) is 0 Å². The Kier molecular flexibility index (Phi) is 7.12. The van der Waals surface area contributed by atoms with Gasteiger partial charge in [0.25, 0.3) is 0 Å². The normalized spacial score (nSPS) is 14.0. The van der Waals surface area contributed by atoms with Gasteiger partial charge in [-0.25, -0.2) is 0 Å². The summed E-state index contributed by atoms with van der Waals surface area (Å²) in [6.07, 6.45) is 2.82. The van der Waals surface area contributed by atoms with Gasteiger partial charge in [0.1, 0.15) is 5.54 Å². The van der Waals surface area contributed by atoms with Crippen LogP contribution in [-0.2, 0) is 0 Å². The number of rotatable bonds is 8. The number of benzene rings is 1. The van der Waals surface area contributed by atoms with Crippen molar-refractivity contribution in [1.82, 2.24) is 5.32 Å². The average Bonchev–Trinajstić information content (AvgIpc) is 2.49. The van der Waals surface area contributed by atoms with Crippen LogP contribution in [0.15, 0.2) is 29.2 Å². The van der Waals surface area contributed by atoms with Crippen LogP contribution in [0.25, 0.3) is 0 Å². The Bertz CT molecular complexity index is 427. The Balaban J connectivity index is 2.39. The lowest BCUT2D eigenvalue weighted by molar-refractivity contribution is 0.400. The predicted octanol–water partition coefficient (Wildman–Crippen LogP) is 4.57. The molecule has 0 fully saturated rings. The van der Waals surface area contributed by atoms with Crippen molar-refractivity contribution in [2.75, 3.05) is 12.8 Å². The van der Waals surface area contributed by atoms with Gasteiger partial charge in [-0.15, -0.1) is 11.8 Å². The Morgan fingerprint density at radius 2 is 1.95 bits per heavy atom. The minimum absolute atomic E-state index is 0.345. The highest BCUT2D eigenvalue weighted by Crippen LogP contribution is 2.24. The molecule has 0 amide bonds. The molecule has 3 heteroatoms. The predicted molar refractivity (Wildman–Crippen MR) is 88.2 cm³/mol. The van der Waals surface area contributed by atoms with Crippen LogP contribution in [-0.4, -0.2) is 18.3 Å². The summed E-state index contributed by atoms with van der Waals surface area (Å²) in [7, 11) is 1.88. The highest BCUT2D eigenvalue weighted by Gasteiger charge is 2.24. The van der Waals surface area contributed by atoms with E-state index in [9.17, 15) is 5.26 Å². The van der Waals surface area contributed by atoms with Crippen LogP contribution in [0.4, 0.5) is 0 Å². The quantitative estimate of drug-likeness (QED) is 0.562. The zero-order valence-electron chi connectivity index (χ0n) is 13.1. The Hall–Kier alpha value is -0.980. The Morgan fingerprint density at radius 1 is 1.30 bits per heavy atom. The van der Waals surface area contributed by atoms with Crippen molar-refractivity contribution >= 4 is 11.8 Å². The maximum atomic E-state index is 9.26. The van der Waals surface area contributed by atoms with Gasteiger partial charge in [0, 0.05) is 4.90 Å². The molecule has 1 unspecified atom stereocenters. The van der Waals surface area contributed by atoms with E-state index in [0.717, 1.165) is 25.0 Å². The smallest absolute Gasteiger partial charge is 0.106 e. The first kappa shape index (κ1) is 17.1. The molecular weight excluding hydrogens is 264 g/mol. The second-order valence-electron chi connectivity index (χ2n) is 5.47. The summed E-state index contributed by atoms with van der Waals surface area (Å²) in [5.41, 5.74) is 1.04. The molecule has 110 valence electrons. The van der Waals surface area contributed by atoms with E-state index in [0.29, 0.717) is 5.92 Å². The molecule has 1 rings (SSSR count). The molecule has 1 aromatic carbocycles. The van der Waals surface area contributed by atoms with E-state index in [2.05, 4.69) is 56.4 Å². The molecule has 0 aliphatic heterocycles. The van der Waals surface area contributed by atoms with Gasteiger partial charge in [0.05, 0.1) is 6.07 Å². The lowest BCUT2D eigenvalue weighted by Gasteiger charge is -2.24. The van der Waals surface area contributed by atoms with Gasteiger partial charge in [-0.3, -0.25) is 0 Å². The molecule has 1 N–H and O–H groups in total. The molecule has 1 atom stereocenters. The van der Waals surface area contributed by atoms with Gasteiger partial charge >= 0.3 is 0 Å². The van der Waals surface area contributed by atoms with Gasteiger partial charge in [0.15, 0.2) is 0 Å². The molecule has 2 nitrogen and oxygen atoms in total. The molecular formula is C17H26N2S. The van der Waals surface area contributed by atoms with Crippen molar-refractivity contribution in [1.29, 1.82) is 5.26 Å². The van der Waals surface area contributed by atoms with Crippen molar-refractivity contribution in [3.8, 4) is 6.07 Å². The third-order valence-corrected chi connectivity index (χ3v) is 4.96. The van der Waals surface area contributed by atoms with Crippen LogP contribution in [0.2, 0.25) is 0 Å². The maximum absolute atomic E-state index is 9.26. The van der Waals surface area contributed by atoms with Crippen LogP contribution in [0.1, 0.15) is 51.5 Å². The summed E-state index contributed by atoms with van der Waals surface area (Å²) in [5, 5.41) is 12.4. The summed E-state index contributed by atoms with van der Waals surface area (Å²) >= 11 is 1.88. The van der Waals surface area contributed by atoms with Crippen LogP contribution in [0, 0.1) is 11.3 Å². The van der Waals surface area contributed by atoms with E-state index in [4.69, 9.17) is 0 Å². The molecule has 0 radical (unpaired) electrons. The number of hydrogen-bond donors (Lipinski definition) is 1. The SMILES string of the molecule is CCC(C#N)(CCCSc1ccc(C(C)C)cc1)NC. The first-order valence-electron chi connectivity index (χ1n) is 7.40. The van der Waals surface area contributed by atoms with E-state index in [1.165, 1.54) is 10.5 Å². The van der Waals surface area contributed by atoms with Crippen LogP contribution in [0.3, 0.4) is 0 Å². The summed E-state index contributed by atoms with van der Waals surface area (Å²) in [5.74, 6) is 1.65. The monoisotopic (exact) mass is 290 g/mol. The Morgan fingerprint density at radius 3 is 2.40 bits per heavy atom. The second kappa shape index (κ2) is 8.34. The highest BCUT2D eigenvalue weighted by molar-refractivity contribution is 7.99. The molecule has 20 heavy (non-hydrogen) atoms. The molecule has 0 aliphatic rings. The zero-order chi connectivity index (χ0) is 15.0. The van der Waals surface area contributed by atoms with Crippen molar-refractivity contribution < 1.29 is 0 Å². The fourth-order valence-corrected chi connectivity index (χ4v) is 3.04. The molecule has 0 aliphatic carbocycles. The third kappa shape index (κ3) is 4.85. The summed E-state index contributed by atoms with van der Waals surface area (Å²) in [6.45, 7) is 6.50. The molecule has 0 spiro atoms. The van der Waals surface area contributed by atoms with E-state index in [-0.39, 0.29) is 5.54 Å². The van der Waals surface area contributed by atoms with E-state index in [1.807, 2.05) is 18.8 Å². The van der Waals surface area contributed by atoms with Crippen LogP contribution < -0.4 is 5.32 Å². The van der Waals surface area contributed by atoms with E-state index >= 15 is 0 Å². The first-order valence-corrected chi connectivity index (χ1v) is 8.38. The van der Waals surface area contributed by atoms with Gasteiger partial charge < -0.3 is 5.32 Å². The molecule has 0 bridgehead atoms. The molecule has 0 aromatic heterocycles. The third-order valence-electron chi connectivity index (χ3n) is 3.86. The van der Waals surface area contributed by atoms with E-state index in [1.54, 1.807) is 0 Å². The molecule has 0 heterocycles. The minimum atomic E-state index is -0.345. The fourth-order valence-electron chi connectivity index (χ4n) is 2.18. The van der Waals surface area contributed by atoms with Crippen molar-refractivity contribution in [3.63, 3.8) is 0 Å². The zero-order valence-corrected chi connectivity index (χ0v) is 13.9. The number of hydrogen-bond acceptors (Lipinski definition) is 3. The first-order chi connectivity index (χ1) is 9.56. The van der Waals surface area contributed by atoms with Crippen molar-refractivity contribution in [2.24, 2.45) is 0 Å². The van der Waals surface area contributed by atoms with Crippen LogP contribution >= 0.6 is 11.8 Å². The van der Waals surface area contributed by atoms with Gasteiger partial charge in [-0.1, -0.05) is 32.9 Å². The topological polar surface area (TPSA) is 35.8 Å². The average molecular weight is 290 g/mol. The maximum Gasteiger partial charge on any atom is 0.106 e. The second-order valence-corrected chi connectivity index (χ2v) is 6.64. The minimum Gasteiger partial charge on any atom is -0.302 e. The van der Waals surface area contributed by atoms with Gasteiger partial charge in [-0.2, -0.15) is 5.26 Å². The fraction of sp³-hybridized carbons (Fsp3) is 0.588. The number of nitrogens with one attached hydrogen (secondary N) is 1. The molecule has 1 aromatic rings. The van der Waals surface area contributed by atoms with Crippen LogP contribution in [0.5, 0.6) is 0 Å². The number of nitrogens with zero attached hydrogens (tertiary/aromatic N) is 1. The van der Waals surface area contributed by atoms with Crippen molar-refractivity contribution in [3.05, 3.63) is 29.8 Å². The summed E-state index contributed by atoms with van der Waals surface area (Å²) in [6, 6.07) is 11.2. The standard InChI is InChI=1S/C17H26N2S/c1-5-17(13-18,19-4)11-6-12-20-16-9-7-15(8-10-16)14(2)3/h7-10,14,19H,5-6,11-12H2,1-4H3. The highest BCUT2D eigenvalue weighted by atomic mass is 32.2. The number of nitriles is 1. The Labute approximate surface area is 128 Å². The van der Waals surface area contributed by atoms with E-state index < -0.39 is 0 Å². The lowest BCUT2D eigenvalue weighted by atomic mass is 9.93. The van der Waals surface area contributed by atoms with Gasteiger partial charge in [-0.05, 0) is 55.7 Å². The summed E-state index contributed by atoms with van der Waals surface area (Å²) < 4.78 is 0. The number of thioether (sulfide) groups is 1.